The lowest BCUT2D eigenvalue weighted by Crippen LogP contribution is -2.46. The lowest BCUT2D eigenvalue weighted by molar-refractivity contribution is 0.245. The van der Waals surface area contributed by atoms with Gasteiger partial charge in [-0.3, -0.25) is 4.90 Å². The summed E-state index contributed by atoms with van der Waals surface area (Å²) in [5, 5.41) is 0.669. The quantitative estimate of drug-likeness (QED) is 0.831. The van der Waals surface area contributed by atoms with Gasteiger partial charge in [0.2, 0.25) is 0 Å². The molecule has 2 heterocycles. The smallest absolute Gasteiger partial charge is 0.128 e. The summed E-state index contributed by atoms with van der Waals surface area (Å²) < 4.78 is 10.8. The van der Waals surface area contributed by atoms with Crippen molar-refractivity contribution in [3.8, 4) is 11.5 Å². The minimum atomic E-state index is 0.669. The zero-order valence-corrected chi connectivity index (χ0v) is 14.8. The molecule has 1 aliphatic heterocycles. The van der Waals surface area contributed by atoms with Gasteiger partial charge in [-0.1, -0.05) is 11.6 Å². The van der Waals surface area contributed by atoms with Crippen LogP contribution in [-0.4, -0.2) is 50.3 Å². The van der Waals surface area contributed by atoms with Gasteiger partial charge in [-0.15, -0.1) is 0 Å². The van der Waals surface area contributed by atoms with Crippen molar-refractivity contribution < 1.29 is 9.47 Å². The molecule has 3 rings (SSSR count). The summed E-state index contributed by atoms with van der Waals surface area (Å²) in [6.45, 7) is 4.69. The number of hydrogen-bond donors (Lipinski definition) is 0. The number of nitrogens with zero attached hydrogens (tertiary/aromatic N) is 3. The van der Waals surface area contributed by atoms with Gasteiger partial charge in [0.15, 0.2) is 0 Å². The Bertz CT molecular complexity index is 670. The number of halogens is 1. The topological polar surface area (TPSA) is 37.8 Å². The molecule has 1 fully saturated rings. The Labute approximate surface area is 147 Å². The Morgan fingerprint density at radius 1 is 1.04 bits per heavy atom. The molecule has 6 heteroatoms. The molecule has 0 amide bonds. The third-order valence-electron chi connectivity index (χ3n) is 4.29. The second-order valence-corrected chi connectivity index (χ2v) is 6.21. The first kappa shape index (κ1) is 16.9. The Morgan fingerprint density at radius 2 is 1.83 bits per heavy atom. The lowest BCUT2D eigenvalue weighted by Gasteiger charge is -2.35. The average Bonchev–Trinajstić information content (AvgIpc) is 2.63. The molecule has 0 bridgehead atoms. The highest BCUT2D eigenvalue weighted by molar-refractivity contribution is 6.30. The van der Waals surface area contributed by atoms with E-state index in [0.29, 0.717) is 5.02 Å². The molecular weight excluding hydrogens is 326 g/mol. The fraction of sp³-hybridized carbons (Fsp3) is 0.389. The first-order valence-electron chi connectivity index (χ1n) is 7.99. The van der Waals surface area contributed by atoms with Gasteiger partial charge in [-0.05, 0) is 30.3 Å². The van der Waals surface area contributed by atoms with Crippen molar-refractivity contribution in [3.05, 3.63) is 47.1 Å². The van der Waals surface area contributed by atoms with Gasteiger partial charge in [0, 0.05) is 44.5 Å². The maximum Gasteiger partial charge on any atom is 0.128 e. The third-order valence-corrected chi connectivity index (χ3v) is 4.51. The predicted octanol–water partition coefficient (Wildman–Crippen LogP) is 3.07. The summed E-state index contributed by atoms with van der Waals surface area (Å²) in [6.07, 6.45) is 1.70. The molecule has 0 unspecified atom stereocenters. The van der Waals surface area contributed by atoms with Gasteiger partial charge >= 0.3 is 0 Å². The molecule has 1 saturated heterocycles. The van der Waals surface area contributed by atoms with E-state index < -0.39 is 0 Å². The van der Waals surface area contributed by atoms with E-state index in [4.69, 9.17) is 21.1 Å². The highest BCUT2D eigenvalue weighted by Crippen LogP contribution is 2.26. The molecule has 128 valence electrons. The van der Waals surface area contributed by atoms with Gasteiger partial charge in [0.25, 0.3) is 0 Å². The second kappa shape index (κ2) is 7.73. The van der Waals surface area contributed by atoms with Crippen molar-refractivity contribution in [1.29, 1.82) is 0 Å². The van der Waals surface area contributed by atoms with Crippen molar-refractivity contribution >= 4 is 17.4 Å². The molecule has 0 spiro atoms. The number of anilines is 1. The van der Waals surface area contributed by atoms with E-state index in [0.717, 1.165) is 55.6 Å². The molecule has 0 aliphatic carbocycles. The maximum absolute atomic E-state index is 5.91. The van der Waals surface area contributed by atoms with E-state index in [2.05, 4.69) is 14.8 Å². The van der Waals surface area contributed by atoms with E-state index in [1.807, 2.05) is 30.3 Å². The fourth-order valence-electron chi connectivity index (χ4n) is 2.94. The van der Waals surface area contributed by atoms with E-state index in [1.165, 1.54) is 0 Å². The highest BCUT2D eigenvalue weighted by atomic mass is 35.5. The number of aromatic nitrogens is 1. The maximum atomic E-state index is 5.91. The van der Waals surface area contributed by atoms with E-state index in [-0.39, 0.29) is 0 Å². The van der Waals surface area contributed by atoms with Gasteiger partial charge < -0.3 is 14.4 Å². The Kier molecular flexibility index (Phi) is 5.43. The minimum absolute atomic E-state index is 0.669. The Morgan fingerprint density at radius 3 is 2.46 bits per heavy atom. The molecule has 0 radical (unpaired) electrons. The first-order valence-corrected chi connectivity index (χ1v) is 8.37. The number of hydrogen-bond acceptors (Lipinski definition) is 5. The van der Waals surface area contributed by atoms with Crippen LogP contribution in [0.2, 0.25) is 5.02 Å². The van der Waals surface area contributed by atoms with Crippen LogP contribution in [0.3, 0.4) is 0 Å². The molecule has 1 aliphatic rings. The number of pyridine rings is 1. The Hall–Kier alpha value is -1.98. The summed E-state index contributed by atoms with van der Waals surface area (Å²) in [6, 6.07) is 9.79. The molecule has 0 saturated carbocycles. The molecule has 1 aromatic heterocycles. The van der Waals surface area contributed by atoms with Crippen molar-refractivity contribution in [2.45, 2.75) is 6.54 Å². The van der Waals surface area contributed by atoms with Gasteiger partial charge in [0.05, 0.1) is 19.2 Å². The van der Waals surface area contributed by atoms with Crippen molar-refractivity contribution in [2.75, 3.05) is 45.3 Å². The number of piperazine rings is 1. The first-order chi connectivity index (χ1) is 11.7. The molecular formula is C18H22ClN3O2. The highest BCUT2D eigenvalue weighted by Gasteiger charge is 2.19. The standard InChI is InChI=1S/C18H22ClN3O2/c1-23-16-4-5-17(24-2)14(11-16)13-21-7-9-22(10-8-21)18-6-3-15(19)12-20-18/h3-6,11-12H,7-10,13H2,1-2H3. The largest absolute Gasteiger partial charge is 0.497 e. The molecule has 24 heavy (non-hydrogen) atoms. The van der Waals surface area contributed by atoms with E-state index in [1.54, 1.807) is 20.4 Å². The predicted molar refractivity (Wildman–Crippen MR) is 96.3 cm³/mol. The van der Waals surface area contributed by atoms with Crippen molar-refractivity contribution in [2.24, 2.45) is 0 Å². The third kappa shape index (κ3) is 3.91. The normalized spacial score (nSPS) is 15.4. The summed E-state index contributed by atoms with van der Waals surface area (Å²) in [5.74, 6) is 2.74. The van der Waals surface area contributed by atoms with E-state index >= 15 is 0 Å². The molecule has 2 aromatic rings. The van der Waals surface area contributed by atoms with Crippen LogP contribution in [0.25, 0.3) is 0 Å². The summed E-state index contributed by atoms with van der Waals surface area (Å²) in [5.41, 5.74) is 1.15. The molecule has 0 N–H and O–H groups in total. The zero-order chi connectivity index (χ0) is 16.9. The van der Waals surface area contributed by atoms with Crippen LogP contribution in [0.1, 0.15) is 5.56 Å². The average molecular weight is 348 g/mol. The van der Waals surface area contributed by atoms with Crippen LogP contribution in [0.15, 0.2) is 36.5 Å². The van der Waals surface area contributed by atoms with Gasteiger partial charge in [0.1, 0.15) is 17.3 Å². The number of methoxy groups -OCH3 is 2. The van der Waals surface area contributed by atoms with Gasteiger partial charge in [-0.25, -0.2) is 4.98 Å². The van der Waals surface area contributed by atoms with Crippen LogP contribution in [0, 0.1) is 0 Å². The number of ether oxygens (including phenoxy) is 2. The van der Waals surface area contributed by atoms with Crippen LogP contribution in [0.4, 0.5) is 5.82 Å². The molecule has 1 aromatic carbocycles. The summed E-state index contributed by atoms with van der Waals surface area (Å²) in [7, 11) is 3.39. The summed E-state index contributed by atoms with van der Waals surface area (Å²) >= 11 is 5.91. The molecule has 0 atom stereocenters. The van der Waals surface area contributed by atoms with Crippen LogP contribution in [-0.2, 0) is 6.54 Å². The Balaban J connectivity index is 1.62. The number of benzene rings is 1. The van der Waals surface area contributed by atoms with Crippen LogP contribution < -0.4 is 14.4 Å². The van der Waals surface area contributed by atoms with Crippen molar-refractivity contribution in [3.63, 3.8) is 0 Å². The lowest BCUT2D eigenvalue weighted by atomic mass is 10.1. The molecule has 5 nitrogen and oxygen atoms in total. The zero-order valence-electron chi connectivity index (χ0n) is 14.0. The fourth-order valence-corrected chi connectivity index (χ4v) is 3.05. The minimum Gasteiger partial charge on any atom is -0.497 e. The van der Waals surface area contributed by atoms with Crippen LogP contribution >= 0.6 is 11.6 Å². The van der Waals surface area contributed by atoms with Crippen molar-refractivity contribution in [1.82, 2.24) is 9.88 Å². The number of rotatable bonds is 5. The summed E-state index contributed by atoms with van der Waals surface area (Å²) in [4.78, 5) is 9.11. The van der Waals surface area contributed by atoms with E-state index in [9.17, 15) is 0 Å². The SMILES string of the molecule is COc1ccc(OC)c(CN2CCN(c3ccc(Cl)cn3)CC2)c1. The second-order valence-electron chi connectivity index (χ2n) is 5.78. The van der Waals surface area contributed by atoms with Crippen LogP contribution in [0.5, 0.6) is 11.5 Å². The van der Waals surface area contributed by atoms with Gasteiger partial charge in [-0.2, -0.15) is 0 Å². The monoisotopic (exact) mass is 347 g/mol.